The number of hydrogen-bond acceptors (Lipinski definition) is 1. The van der Waals surface area contributed by atoms with Crippen LogP contribution in [0.3, 0.4) is 0 Å². The van der Waals surface area contributed by atoms with Crippen LogP contribution in [-0.2, 0) is 6.42 Å². The smallest absolute Gasteiger partial charge is 0.0415 e. The first-order chi connectivity index (χ1) is 6.09. The van der Waals surface area contributed by atoms with Gasteiger partial charge >= 0.3 is 0 Å². The molecule has 0 saturated heterocycles. The molecule has 0 radical (unpaired) electrons. The molecule has 0 bridgehead atoms. The minimum Gasteiger partial charge on any atom is -0.261 e. The molecule has 1 aromatic heterocycles. The van der Waals surface area contributed by atoms with Crippen molar-refractivity contribution in [1.29, 1.82) is 0 Å². The fourth-order valence-electron chi connectivity index (χ4n) is 1.05. The van der Waals surface area contributed by atoms with Gasteiger partial charge in [0.25, 0.3) is 0 Å². The largest absolute Gasteiger partial charge is 0.261 e. The molecule has 0 aliphatic heterocycles. The lowest BCUT2D eigenvalue weighted by Crippen LogP contribution is -2.11. The summed E-state index contributed by atoms with van der Waals surface area (Å²) in [6.07, 6.45) is 2.94. The first kappa shape index (κ1) is 10.7. The summed E-state index contributed by atoms with van der Waals surface area (Å²) in [5.41, 5.74) is 2.39. The predicted molar refractivity (Wildman–Crippen MR) is 60.2 cm³/mol. The van der Waals surface area contributed by atoms with Crippen LogP contribution in [0.15, 0.2) is 18.3 Å². The Morgan fingerprint density at radius 3 is 2.54 bits per heavy atom. The standard InChI is InChI=1S/C11H16BrN/c1-8(2)11(12)6-10-5-4-9(3)7-13-10/h4-5,7-8,11H,6H2,1-3H3. The van der Waals surface area contributed by atoms with E-state index < -0.39 is 0 Å². The second kappa shape index (κ2) is 4.75. The third-order valence-corrected chi connectivity index (χ3v) is 3.48. The fraction of sp³-hybridized carbons (Fsp3) is 0.545. The molecular formula is C11H16BrN. The molecule has 2 heteroatoms. The summed E-state index contributed by atoms with van der Waals surface area (Å²) in [6.45, 7) is 6.49. The molecule has 0 aliphatic carbocycles. The van der Waals surface area contributed by atoms with Crippen molar-refractivity contribution < 1.29 is 0 Å². The highest BCUT2D eigenvalue weighted by Crippen LogP contribution is 2.16. The van der Waals surface area contributed by atoms with E-state index in [1.54, 1.807) is 0 Å². The first-order valence-electron chi connectivity index (χ1n) is 4.65. The van der Waals surface area contributed by atoms with Crippen LogP contribution in [-0.4, -0.2) is 9.81 Å². The lowest BCUT2D eigenvalue weighted by Gasteiger charge is -2.12. The van der Waals surface area contributed by atoms with Gasteiger partial charge in [0.15, 0.2) is 0 Å². The van der Waals surface area contributed by atoms with Crippen LogP contribution in [0.1, 0.15) is 25.1 Å². The number of aromatic nitrogens is 1. The summed E-state index contributed by atoms with van der Waals surface area (Å²) in [7, 11) is 0. The van der Waals surface area contributed by atoms with Gasteiger partial charge in [-0.05, 0) is 24.5 Å². The monoisotopic (exact) mass is 241 g/mol. The molecule has 1 unspecified atom stereocenters. The number of hydrogen-bond donors (Lipinski definition) is 0. The minimum atomic E-state index is 0.530. The molecule has 0 aliphatic rings. The summed E-state index contributed by atoms with van der Waals surface area (Å²) in [5.74, 6) is 0.656. The van der Waals surface area contributed by atoms with Gasteiger partial charge in [-0.1, -0.05) is 35.8 Å². The van der Waals surface area contributed by atoms with Crippen molar-refractivity contribution in [3.63, 3.8) is 0 Å². The number of aryl methyl sites for hydroxylation is 1. The second-order valence-electron chi connectivity index (χ2n) is 3.79. The Bertz CT molecular complexity index is 253. The molecule has 1 nitrogen and oxygen atoms in total. The van der Waals surface area contributed by atoms with E-state index in [4.69, 9.17) is 0 Å². The normalized spacial score (nSPS) is 13.3. The van der Waals surface area contributed by atoms with Crippen molar-refractivity contribution in [3.8, 4) is 0 Å². The number of pyridine rings is 1. The van der Waals surface area contributed by atoms with E-state index in [1.807, 2.05) is 6.20 Å². The topological polar surface area (TPSA) is 12.9 Å². The molecular weight excluding hydrogens is 226 g/mol. The average Bonchev–Trinajstić information content (AvgIpc) is 2.08. The molecule has 72 valence electrons. The molecule has 1 aromatic rings. The van der Waals surface area contributed by atoms with Crippen LogP contribution in [0.5, 0.6) is 0 Å². The zero-order valence-electron chi connectivity index (χ0n) is 8.42. The Balaban J connectivity index is 2.59. The van der Waals surface area contributed by atoms with Gasteiger partial charge in [-0.3, -0.25) is 4.98 Å². The maximum absolute atomic E-state index is 4.37. The number of rotatable bonds is 3. The van der Waals surface area contributed by atoms with Crippen molar-refractivity contribution in [2.24, 2.45) is 5.92 Å². The number of nitrogens with zero attached hydrogens (tertiary/aromatic N) is 1. The molecule has 0 amide bonds. The van der Waals surface area contributed by atoms with Crippen LogP contribution >= 0.6 is 15.9 Å². The van der Waals surface area contributed by atoms with E-state index in [-0.39, 0.29) is 0 Å². The Labute approximate surface area is 88.7 Å². The van der Waals surface area contributed by atoms with Crippen molar-refractivity contribution >= 4 is 15.9 Å². The summed E-state index contributed by atoms with van der Waals surface area (Å²) in [4.78, 5) is 4.90. The third-order valence-electron chi connectivity index (χ3n) is 2.10. The Hall–Kier alpha value is -0.370. The van der Waals surface area contributed by atoms with Crippen LogP contribution in [0.2, 0.25) is 0 Å². The highest BCUT2D eigenvalue weighted by atomic mass is 79.9. The fourth-order valence-corrected chi connectivity index (χ4v) is 1.39. The predicted octanol–water partition coefficient (Wildman–Crippen LogP) is 3.35. The van der Waals surface area contributed by atoms with E-state index in [1.165, 1.54) is 11.3 Å². The SMILES string of the molecule is Cc1ccc(CC(Br)C(C)C)nc1. The Kier molecular flexibility index (Phi) is 3.91. The van der Waals surface area contributed by atoms with Gasteiger partial charge < -0.3 is 0 Å². The Morgan fingerprint density at radius 1 is 1.38 bits per heavy atom. The van der Waals surface area contributed by atoms with E-state index in [0.29, 0.717) is 10.7 Å². The van der Waals surface area contributed by atoms with Gasteiger partial charge in [-0.2, -0.15) is 0 Å². The summed E-state index contributed by atoms with van der Waals surface area (Å²) < 4.78 is 0. The first-order valence-corrected chi connectivity index (χ1v) is 5.56. The molecule has 0 aromatic carbocycles. The second-order valence-corrected chi connectivity index (χ2v) is 4.97. The van der Waals surface area contributed by atoms with Gasteiger partial charge in [0, 0.05) is 23.1 Å². The maximum Gasteiger partial charge on any atom is 0.0415 e. The van der Waals surface area contributed by atoms with Crippen molar-refractivity contribution in [3.05, 3.63) is 29.6 Å². The third kappa shape index (κ3) is 3.47. The zero-order valence-corrected chi connectivity index (χ0v) is 10.0. The van der Waals surface area contributed by atoms with Crippen molar-refractivity contribution in [2.75, 3.05) is 0 Å². The number of alkyl halides is 1. The molecule has 0 N–H and O–H groups in total. The van der Waals surface area contributed by atoms with Gasteiger partial charge in [0.2, 0.25) is 0 Å². The highest BCUT2D eigenvalue weighted by molar-refractivity contribution is 9.09. The molecule has 0 spiro atoms. The maximum atomic E-state index is 4.37. The molecule has 0 fully saturated rings. The van der Waals surface area contributed by atoms with Gasteiger partial charge in [0.1, 0.15) is 0 Å². The molecule has 1 heterocycles. The van der Waals surface area contributed by atoms with Gasteiger partial charge in [0.05, 0.1) is 0 Å². The highest BCUT2D eigenvalue weighted by Gasteiger charge is 2.10. The quantitative estimate of drug-likeness (QED) is 0.740. The van der Waals surface area contributed by atoms with Gasteiger partial charge in [-0.15, -0.1) is 0 Å². The van der Waals surface area contributed by atoms with E-state index >= 15 is 0 Å². The molecule has 0 saturated carbocycles. The average molecular weight is 242 g/mol. The van der Waals surface area contributed by atoms with Crippen LogP contribution < -0.4 is 0 Å². The zero-order chi connectivity index (χ0) is 9.84. The minimum absolute atomic E-state index is 0.530. The summed E-state index contributed by atoms with van der Waals surface area (Å²) in [5, 5.41) is 0. The summed E-state index contributed by atoms with van der Waals surface area (Å²) >= 11 is 3.66. The van der Waals surface area contributed by atoms with E-state index in [2.05, 4.69) is 53.8 Å². The van der Waals surface area contributed by atoms with E-state index in [9.17, 15) is 0 Å². The molecule has 1 rings (SSSR count). The van der Waals surface area contributed by atoms with E-state index in [0.717, 1.165) is 6.42 Å². The lowest BCUT2D eigenvalue weighted by atomic mass is 10.1. The van der Waals surface area contributed by atoms with Crippen LogP contribution in [0, 0.1) is 12.8 Å². The van der Waals surface area contributed by atoms with Crippen molar-refractivity contribution in [1.82, 2.24) is 4.98 Å². The lowest BCUT2D eigenvalue weighted by molar-refractivity contribution is 0.607. The molecule has 1 atom stereocenters. The summed E-state index contributed by atoms with van der Waals surface area (Å²) in [6, 6.07) is 4.22. The van der Waals surface area contributed by atoms with Crippen molar-refractivity contribution in [2.45, 2.75) is 32.0 Å². The Morgan fingerprint density at radius 2 is 2.08 bits per heavy atom. The van der Waals surface area contributed by atoms with Gasteiger partial charge in [-0.25, -0.2) is 0 Å². The number of halogens is 1. The molecule has 13 heavy (non-hydrogen) atoms. The van der Waals surface area contributed by atoms with Crippen LogP contribution in [0.25, 0.3) is 0 Å². The van der Waals surface area contributed by atoms with Crippen LogP contribution in [0.4, 0.5) is 0 Å².